The van der Waals surface area contributed by atoms with Gasteiger partial charge in [-0.25, -0.2) is 9.37 Å². The van der Waals surface area contributed by atoms with Gasteiger partial charge in [-0.2, -0.15) is 0 Å². The third kappa shape index (κ3) is 7.21. The fourth-order valence-corrected chi connectivity index (χ4v) is 2.91. The monoisotopic (exact) mass is 478 g/mol. The summed E-state index contributed by atoms with van der Waals surface area (Å²) in [6.45, 7) is 1.42. The fourth-order valence-electron chi connectivity index (χ4n) is 2.91. The lowest BCUT2D eigenvalue weighted by atomic mass is 10.1. The molecule has 0 unspecified atom stereocenters. The lowest BCUT2D eigenvalue weighted by molar-refractivity contribution is -0.115. The predicted molar refractivity (Wildman–Crippen MR) is 126 cm³/mol. The number of carbonyl (C=O) groups is 2. The van der Waals surface area contributed by atoms with Crippen LogP contribution in [0.2, 0.25) is 0 Å². The van der Waals surface area contributed by atoms with Crippen LogP contribution >= 0.6 is 0 Å². The van der Waals surface area contributed by atoms with Crippen LogP contribution in [-0.4, -0.2) is 40.7 Å². The number of anilines is 1. The van der Waals surface area contributed by atoms with E-state index in [2.05, 4.69) is 20.8 Å². The average Bonchev–Trinajstić information content (AvgIpc) is 3.32. The van der Waals surface area contributed by atoms with Gasteiger partial charge in [0.25, 0.3) is 5.91 Å². The zero-order chi connectivity index (χ0) is 25.2. The Morgan fingerprint density at radius 1 is 1.00 bits per heavy atom. The summed E-state index contributed by atoms with van der Waals surface area (Å²) in [7, 11) is 1.00. The maximum absolute atomic E-state index is 13.0. The number of pyridine rings is 1. The summed E-state index contributed by atoms with van der Waals surface area (Å²) in [5.41, 5.74) is 1.56. The van der Waals surface area contributed by atoms with Crippen molar-refractivity contribution in [3.63, 3.8) is 0 Å². The number of halogens is 1. The summed E-state index contributed by atoms with van der Waals surface area (Å²) in [4.78, 5) is 28.6. The molecule has 4 aromatic rings. The highest BCUT2D eigenvalue weighted by Gasteiger charge is 2.13. The van der Waals surface area contributed by atoms with Gasteiger partial charge in [-0.15, -0.1) is 0 Å². The van der Waals surface area contributed by atoms with Crippen molar-refractivity contribution in [2.45, 2.75) is 6.92 Å². The number of aliphatic hydroxyl groups is 1. The van der Waals surface area contributed by atoms with Crippen molar-refractivity contribution < 1.29 is 28.3 Å². The molecule has 0 aliphatic carbocycles. The molecular formula is C25H23FN4O5. The first-order valence-corrected chi connectivity index (χ1v) is 10.4. The van der Waals surface area contributed by atoms with Gasteiger partial charge in [0, 0.05) is 18.7 Å². The SMILES string of the molecule is CO.Cc1cc(C(=O)NCC(=O)Nc2cccc(-c3ccc(Oc4ccc(F)cc4)cc3)n2)no1. The summed E-state index contributed by atoms with van der Waals surface area (Å²) in [6.07, 6.45) is 0. The maximum Gasteiger partial charge on any atom is 0.273 e. The number of nitrogens with zero attached hydrogens (tertiary/aromatic N) is 2. The Kier molecular flexibility index (Phi) is 8.63. The number of rotatable bonds is 7. The summed E-state index contributed by atoms with van der Waals surface area (Å²) in [5.74, 6) is 0.688. The summed E-state index contributed by atoms with van der Waals surface area (Å²) >= 11 is 0. The van der Waals surface area contributed by atoms with E-state index in [1.807, 2.05) is 12.1 Å². The number of ether oxygens (including phenoxy) is 1. The van der Waals surface area contributed by atoms with Crippen LogP contribution in [0, 0.1) is 12.7 Å². The normalized spacial score (nSPS) is 10.1. The molecule has 0 bridgehead atoms. The third-order valence-electron chi connectivity index (χ3n) is 4.49. The van der Waals surface area contributed by atoms with E-state index in [0.29, 0.717) is 28.8 Å². The van der Waals surface area contributed by atoms with E-state index in [0.717, 1.165) is 12.7 Å². The lowest BCUT2D eigenvalue weighted by Gasteiger charge is -2.09. The first-order chi connectivity index (χ1) is 17.0. The molecule has 0 aliphatic heterocycles. The first-order valence-electron chi connectivity index (χ1n) is 10.4. The van der Waals surface area contributed by atoms with Crippen molar-refractivity contribution in [2.75, 3.05) is 19.0 Å². The highest BCUT2D eigenvalue weighted by Crippen LogP contribution is 2.25. The minimum atomic E-state index is -0.508. The molecule has 0 saturated heterocycles. The zero-order valence-corrected chi connectivity index (χ0v) is 19.0. The van der Waals surface area contributed by atoms with Crippen molar-refractivity contribution in [3.05, 3.63) is 90.1 Å². The van der Waals surface area contributed by atoms with Crippen LogP contribution in [0.25, 0.3) is 11.3 Å². The van der Waals surface area contributed by atoms with E-state index >= 15 is 0 Å². The number of nitrogens with one attached hydrogen (secondary N) is 2. The molecule has 0 aliphatic rings. The highest BCUT2D eigenvalue weighted by atomic mass is 19.1. The lowest BCUT2D eigenvalue weighted by Crippen LogP contribution is -2.33. The molecular weight excluding hydrogens is 455 g/mol. The number of aliphatic hydroxyl groups excluding tert-OH is 1. The Hall–Kier alpha value is -4.57. The molecule has 0 fully saturated rings. The van der Waals surface area contributed by atoms with Gasteiger partial charge >= 0.3 is 0 Å². The minimum absolute atomic E-state index is 0.104. The average molecular weight is 478 g/mol. The Morgan fingerprint density at radius 3 is 2.29 bits per heavy atom. The molecule has 10 heteroatoms. The van der Waals surface area contributed by atoms with E-state index in [9.17, 15) is 14.0 Å². The molecule has 0 radical (unpaired) electrons. The molecule has 0 spiro atoms. The molecule has 9 nitrogen and oxygen atoms in total. The van der Waals surface area contributed by atoms with E-state index < -0.39 is 11.8 Å². The number of aromatic nitrogens is 2. The van der Waals surface area contributed by atoms with Gasteiger partial charge in [-0.3, -0.25) is 9.59 Å². The number of benzene rings is 2. The van der Waals surface area contributed by atoms with Crippen molar-refractivity contribution >= 4 is 17.6 Å². The second-order valence-electron chi connectivity index (χ2n) is 7.04. The van der Waals surface area contributed by atoms with Gasteiger partial charge in [0.1, 0.15) is 28.9 Å². The summed E-state index contributed by atoms with van der Waals surface area (Å²) < 4.78 is 23.5. The van der Waals surface area contributed by atoms with Gasteiger partial charge in [0.2, 0.25) is 5.91 Å². The van der Waals surface area contributed by atoms with Crippen LogP contribution in [0.15, 0.2) is 77.3 Å². The smallest absolute Gasteiger partial charge is 0.273 e. The van der Waals surface area contributed by atoms with Crippen LogP contribution in [0.4, 0.5) is 10.2 Å². The van der Waals surface area contributed by atoms with Gasteiger partial charge < -0.3 is 25.0 Å². The molecule has 3 N–H and O–H groups in total. The van der Waals surface area contributed by atoms with E-state index in [1.165, 1.54) is 18.2 Å². The molecule has 2 aromatic carbocycles. The van der Waals surface area contributed by atoms with Crippen LogP contribution in [0.5, 0.6) is 11.5 Å². The number of hydrogen-bond acceptors (Lipinski definition) is 7. The zero-order valence-electron chi connectivity index (χ0n) is 19.0. The van der Waals surface area contributed by atoms with Crippen molar-refractivity contribution in [1.82, 2.24) is 15.5 Å². The molecule has 2 heterocycles. The molecule has 2 aromatic heterocycles. The number of aryl methyl sites for hydroxylation is 1. The molecule has 0 saturated carbocycles. The van der Waals surface area contributed by atoms with Crippen LogP contribution < -0.4 is 15.4 Å². The predicted octanol–water partition coefficient (Wildman–Crippen LogP) is 3.95. The van der Waals surface area contributed by atoms with Crippen molar-refractivity contribution in [1.29, 1.82) is 0 Å². The van der Waals surface area contributed by atoms with Crippen molar-refractivity contribution in [3.8, 4) is 22.8 Å². The Balaban J connectivity index is 0.00000167. The number of carbonyl (C=O) groups excluding carboxylic acids is 2. The molecule has 35 heavy (non-hydrogen) atoms. The number of amides is 2. The van der Waals surface area contributed by atoms with E-state index in [1.54, 1.807) is 49.4 Å². The number of hydrogen-bond donors (Lipinski definition) is 3. The first kappa shape index (κ1) is 25.1. The molecule has 4 rings (SSSR count). The Morgan fingerprint density at radius 2 is 1.66 bits per heavy atom. The maximum atomic E-state index is 13.0. The van der Waals surface area contributed by atoms with Gasteiger partial charge in [-0.05, 0) is 67.6 Å². The molecule has 2 amide bonds. The standard InChI is InChI=1S/C24H19FN4O4.CH4O/c1-15-13-21(29-33-15)24(31)26-14-23(30)28-22-4-2-3-20(27-22)16-5-9-18(10-6-16)32-19-11-7-17(25)8-12-19;1-2/h2-13H,14H2,1H3,(H,26,31)(H,27,28,30);2H,1H3. The summed E-state index contributed by atoms with van der Waals surface area (Å²) in [5, 5.41) is 15.7. The van der Waals surface area contributed by atoms with Crippen LogP contribution in [0.3, 0.4) is 0 Å². The van der Waals surface area contributed by atoms with Gasteiger partial charge in [0.15, 0.2) is 5.69 Å². The van der Waals surface area contributed by atoms with Gasteiger partial charge in [-0.1, -0.05) is 11.2 Å². The molecule has 180 valence electrons. The topological polar surface area (TPSA) is 127 Å². The summed E-state index contributed by atoms with van der Waals surface area (Å²) in [6, 6.07) is 19.6. The largest absolute Gasteiger partial charge is 0.457 e. The van der Waals surface area contributed by atoms with Gasteiger partial charge in [0.05, 0.1) is 12.2 Å². The second kappa shape index (κ2) is 12.1. The van der Waals surface area contributed by atoms with Crippen molar-refractivity contribution in [2.24, 2.45) is 0 Å². The molecule has 0 atom stereocenters. The highest BCUT2D eigenvalue weighted by molar-refractivity contribution is 5.98. The fraction of sp³-hybridized carbons (Fsp3) is 0.120. The minimum Gasteiger partial charge on any atom is -0.457 e. The van der Waals surface area contributed by atoms with E-state index in [4.69, 9.17) is 14.4 Å². The Labute approximate surface area is 200 Å². The van der Waals surface area contributed by atoms with Crippen LogP contribution in [-0.2, 0) is 4.79 Å². The Bertz CT molecular complexity index is 1270. The third-order valence-corrected chi connectivity index (χ3v) is 4.49. The second-order valence-corrected chi connectivity index (χ2v) is 7.04. The van der Waals surface area contributed by atoms with E-state index in [-0.39, 0.29) is 18.1 Å². The van der Waals surface area contributed by atoms with Crippen LogP contribution in [0.1, 0.15) is 16.2 Å². The quantitative estimate of drug-likeness (QED) is 0.367.